The molecule has 2 aromatic heterocycles. The van der Waals surface area contributed by atoms with Crippen molar-refractivity contribution in [1.82, 2.24) is 20.3 Å². The molecule has 0 fully saturated rings. The molecule has 0 radical (unpaired) electrons. The number of aromatic nitrogens is 3. The summed E-state index contributed by atoms with van der Waals surface area (Å²) in [6.07, 6.45) is 6.14. The zero-order valence-corrected chi connectivity index (χ0v) is 10.8. The van der Waals surface area contributed by atoms with Crippen molar-refractivity contribution in [3.63, 3.8) is 0 Å². The molecule has 7 heteroatoms. The number of aliphatic carboxylic acids is 1. The second kappa shape index (κ2) is 5.96. The van der Waals surface area contributed by atoms with E-state index in [1.54, 1.807) is 12.3 Å². The van der Waals surface area contributed by atoms with Gasteiger partial charge in [-0.15, -0.1) is 0 Å². The van der Waals surface area contributed by atoms with Gasteiger partial charge < -0.3 is 15.4 Å². The molecule has 1 atom stereocenters. The molecule has 2 heterocycles. The van der Waals surface area contributed by atoms with Gasteiger partial charge in [-0.2, -0.15) is 0 Å². The normalized spacial score (nSPS) is 11.8. The standard InChI is InChI=1S/C13H14N4O3/c1-8-2-9(5-14-4-8)12(18)17-11(13(19)20)3-10-6-15-7-16-10/h2,4-7,11H,3H2,1H3,(H,15,16)(H,17,18)(H,19,20). The monoisotopic (exact) mass is 274 g/mol. The SMILES string of the molecule is Cc1cncc(C(=O)NC(Cc2cnc[nH]2)C(=O)O)c1. The molecular formula is C13H14N4O3. The Morgan fingerprint density at radius 3 is 2.75 bits per heavy atom. The molecule has 104 valence electrons. The van der Waals surface area contributed by atoms with Crippen LogP contribution < -0.4 is 5.32 Å². The Labute approximate surface area is 115 Å². The number of carboxylic acid groups (broad SMARTS) is 1. The number of aromatic amines is 1. The molecule has 0 spiro atoms. The first-order valence-electron chi connectivity index (χ1n) is 5.99. The Bertz CT molecular complexity index is 610. The number of pyridine rings is 1. The lowest BCUT2D eigenvalue weighted by Gasteiger charge is -2.13. The van der Waals surface area contributed by atoms with Crippen LogP contribution in [0.25, 0.3) is 0 Å². The van der Waals surface area contributed by atoms with E-state index in [0.717, 1.165) is 5.56 Å². The summed E-state index contributed by atoms with van der Waals surface area (Å²) in [5.41, 5.74) is 1.80. The molecule has 0 saturated heterocycles. The number of carbonyl (C=O) groups is 2. The number of hydrogen-bond acceptors (Lipinski definition) is 4. The van der Waals surface area contributed by atoms with Crippen molar-refractivity contribution in [1.29, 1.82) is 0 Å². The average molecular weight is 274 g/mol. The number of carboxylic acids is 1. The van der Waals surface area contributed by atoms with Crippen LogP contribution in [0.5, 0.6) is 0 Å². The Hall–Kier alpha value is -2.70. The zero-order valence-electron chi connectivity index (χ0n) is 10.8. The smallest absolute Gasteiger partial charge is 0.326 e. The Morgan fingerprint density at radius 2 is 2.15 bits per heavy atom. The fraction of sp³-hybridized carbons (Fsp3) is 0.231. The van der Waals surface area contributed by atoms with Gasteiger partial charge in [0.2, 0.25) is 0 Å². The maximum atomic E-state index is 12.0. The number of amides is 1. The fourth-order valence-electron chi connectivity index (χ4n) is 1.74. The highest BCUT2D eigenvalue weighted by Gasteiger charge is 2.21. The van der Waals surface area contributed by atoms with E-state index in [2.05, 4.69) is 20.3 Å². The van der Waals surface area contributed by atoms with Gasteiger partial charge in [-0.3, -0.25) is 9.78 Å². The Morgan fingerprint density at radius 1 is 1.35 bits per heavy atom. The summed E-state index contributed by atoms with van der Waals surface area (Å²) in [6, 6.07) is 0.626. The van der Waals surface area contributed by atoms with Crippen molar-refractivity contribution in [3.05, 3.63) is 47.8 Å². The molecule has 0 aliphatic rings. The minimum atomic E-state index is -1.10. The van der Waals surface area contributed by atoms with Gasteiger partial charge in [-0.1, -0.05) is 0 Å². The summed E-state index contributed by atoms with van der Waals surface area (Å²) in [5, 5.41) is 11.6. The van der Waals surface area contributed by atoms with Crippen molar-refractivity contribution >= 4 is 11.9 Å². The van der Waals surface area contributed by atoms with Crippen LogP contribution in [0.3, 0.4) is 0 Å². The highest BCUT2D eigenvalue weighted by atomic mass is 16.4. The van der Waals surface area contributed by atoms with E-state index in [-0.39, 0.29) is 6.42 Å². The number of nitrogens with zero attached hydrogens (tertiary/aromatic N) is 2. The largest absolute Gasteiger partial charge is 0.480 e. The second-order valence-electron chi connectivity index (χ2n) is 4.40. The first-order chi connectivity index (χ1) is 9.56. The number of H-pyrrole nitrogens is 1. The lowest BCUT2D eigenvalue weighted by molar-refractivity contribution is -0.139. The maximum absolute atomic E-state index is 12.0. The molecule has 2 rings (SSSR count). The summed E-state index contributed by atoms with van der Waals surface area (Å²) in [5.74, 6) is -1.57. The lowest BCUT2D eigenvalue weighted by Crippen LogP contribution is -2.42. The minimum Gasteiger partial charge on any atom is -0.480 e. The predicted molar refractivity (Wildman–Crippen MR) is 70.2 cm³/mol. The first-order valence-corrected chi connectivity index (χ1v) is 5.99. The van der Waals surface area contributed by atoms with Crippen LogP contribution >= 0.6 is 0 Å². The minimum absolute atomic E-state index is 0.139. The molecule has 0 aliphatic heterocycles. The van der Waals surface area contributed by atoms with E-state index in [0.29, 0.717) is 11.3 Å². The number of aryl methyl sites for hydroxylation is 1. The molecule has 2 aromatic rings. The number of hydrogen-bond donors (Lipinski definition) is 3. The third-order valence-electron chi connectivity index (χ3n) is 2.72. The van der Waals surface area contributed by atoms with Crippen LogP contribution in [0.1, 0.15) is 21.6 Å². The average Bonchev–Trinajstić information content (AvgIpc) is 2.90. The van der Waals surface area contributed by atoms with E-state index in [4.69, 9.17) is 5.11 Å². The first kappa shape index (κ1) is 13.7. The van der Waals surface area contributed by atoms with Gasteiger partial charge in [-0.25, -0.2) is 9.78 Å². The zero-order chi connectivity index (χ0) is 14.5. The van der Waals surface area contributed by atoms with Crippen LogP contribution in [-0.4, -0.2) is 38.0 Å². The number of imidazole rings is 1. The third-order valence-corrected chi connectivity index (χ3v) is 2.72. The van der Waals surface area contributed by atoms with Crippen LogP contribution in [0.4, 0.5) is 0 Å². The quantitative estimate of drug-likeness (QED) is 0.737. The van der Waals surface area contributed by atoms with Crippen molar-refractivity contribution in [2.75, 3.05) is 0 Å². The molecule has 1 amide bonds. The van der Waals surface area contributed by atoms with E-state index >= 15 is 0 Å². The molecule has 0 bridgehead atoms. The fourth-order valence-corrected chi connectivity index (χ4v) is 1.74. The topological polar surface area (TPSA) is 108 Å². The van der Waals surface area contributed by atoms with E-state index in [1.807, 2.05) is 6.92 Å². The highest BCUT2D eigenvalue weighted by Crippen LogP contribution is 2.04. The van der Waals surface area contributed by atoms with Gasteiger partial charge in [0, 0.05) is 30.7 Å². The summed E-state index contributed by atoms with van der Waals surface area (Å²) in [6.45, 7) is 1.81. The Kier molecular flexibility index (Phi) is 4.09. The van der Waals surface area contributed by atoms with Crippen molar-refractivity contribution < 1.29 is 14.7 Å². The van der Waals surface area contributed by atoms with Gasteiger partial charge in [0.15, 0.2) is 0 Å². The summed E-state index contributed by atoms with van der Waals surface area (Å²) >= 11 is 0. The van der Waals surface area contributed by atoms with Crippen LogP contribution in [-0.2, 0) is 11.2 Å². The number of rotatable bonds is 5. The van der Waals surface area contributed by atoms with E-state index < -0.39 is 17.9 Å². The number of nitrogens with one attached hydrogen (secondary N) is 2. The molecule has 3 N–H and O–H groups in total. The van der Waals surface area contributed by atoms with Gasteiger partial charge in [0.05, 0.1) is 11.9 Å². The van der Waals surface area contributed by atoms with Crippen molar-refractivity contribution in [2.45, 2.75) is 19.4 Å². The van der Waals surface area contributed by atoms with Gasteiger partial charge in [-0.05, 0) is 18.6 Å². The van der Waals surface area contributed by atoms with Crippen LogP contribution in [0, 0.1) is 6.92 Å². The molecule has 0 aliphatic carbocycles. The Balaban J connectivity index is 2.08. The van der Waals surface area contributed by atoms with E-state index in [9.17, 15) is 9.59 Å². The molecule has 0 saturated carbocycles. The van der Waals surface area contributed by atoms with Gasteiger partial charge in [0.25, 0.3) is 5.91 Å². The highest BCUT2D eigenvalue weighted by molar-refractivity contribution is 5.96. The van der Waals surface area contributed by atoms with Crippen molar-refractivity contribution in [2.24, 2.45) is 0 Å². The van der Waals surface area contributed by atoms with E-state index in [1.165, 1.54) is 18.7 Å². The maximum Gasteiger partial charge on any atom is 0.326 e. The summed E-state index contributed by atoms with van der Waals surface area (Å²) < 4.78 is 0. The van der Waals surface area contributed by atoms with Crippen molar-refractivity contribution in [3.8, 4) is 0 Å². The van der Waals surface area contributed by atoms with Gasteiger partial charge >= 0.3 is 5.97 Å². The van der Waals surface area contributed by atoms with Gasteiger partial charge in [0.1, 0.15) is 6.04 Å². The second-order valence-corrected chi connectivity index (χ2v) is 4.40. The lowest BCUT2D eigenvalue weighted by atomic mass is 10.1. The number of carbonyl (C=O) groups excluding carboxylic acids is 1. The molecule has 0 aromatic carbocycles. The predicted octanol–water partition coefficient (Wildman–Crippen LogP) is 0.539. The molecule has 7 nitrogen and oxygen atoms in total. The van der Waals surface area contributed by atoms with Crippen LogP contribution in [0.2, 0.25) is 0 Å². The van der Waals surface area contributed by atoms with Crippen LogP contribution in [0.15, 0.2) is 31.0 Å². The molecular weight excluding hydrogens is 260 g/mol. The molecule has 1 unspecified atom stereocenters. The third kappa shape index (κ3) is 3.41. The summed E-state index contributed by atoms with van der Waals surface area (Å²) in [7, 11) is 0. The molecule has 20 heavy (non-hydrogen) atoms. The summed E-state index contributed by atoms with van der Waals surface area (Å²) in [4.78, 5) is 33.7.